The van der Waals surface area contributed by atoms with Gasteiger partial charge in [0.25, 0.3) is 0 Å². The van der Waals surface area contributed by atoms with Gasteiger partial charge in [-0.2, -0.15) is 0 Å². The van der Waals surface area contributed by atoms with Gasteiger partial charge in [0.1, 0.15) is 0 Å². The van der Waals surface area contributed by atoms with Gasteiger partial charge < -0.3 is 5.32 Å². The summed E-state index contributed by atoms with van der Waals surface area (Å²) in [6.45, 7) is 4.38. The van der Waals surface area contributed by atoms with E-state index in [4.69, 9.17) is 11.6 Å². The van der Waals surface area contributed by atoms with Crippen LogP contribution in [0.3, 0.4) is 0 Å². The first kappa shape index (κ1) is 9.50. The lowest BCUT2D eigenvalue weighted by Crippen LogP contribution is -2.27. The minimum Gasteiger partial charge on any atom is -0.316 e. The second kappa shape index (κ2) is 3.99. The number of rotatable bonds is 1. The minimum absolute atomic E-state index is 0.653. The van der Waals surface area contributed by atoms with Crippen LogP contribution in [0.25, 0.3) is 0 Å². The molecule has 0 aliphatic carbocycles. The molecule has 1 atom stereocenters. The predicted molar refractivity (Wildman–Crippen MR) is 58.9 cm³/mol. The fourth-order valence-electron chi connectivity index (χ4n) is 1.86. The Morgan fingerprint density at radius 2 is 2.46 bits per heavy atom. The maximum absolute atomic E-state index is 6.16. The third-order valence-electron chi connectivity index (χ3n) is 2.50. The molecule has 0 amide bonds. The molecule has 0 spiro atoms. The number of piperidine rings is 1. The van der Waals surface area contributed by atoms with Crippen molar-refractivity contribution >= 4 is 22.9 Å². The van der Waals surface area contributed by atoms with Crippen molar-refractivity contribution in [2.75, 3.05) is 13.1 Å². The average molecular weight is 216 g/mol. The van der Waals surface area contributed by atoms with Crippen LogP contribution < -0.4 is 5.32 Å². The standard InChI is InChI=1S/C10H14ClNS/c1-7-5-9(11)10(13-7)8-3-2-4-12-6-8/h5,8,12H,2-4,6H2,1H3. The summed E-state index contributed by atoms with van der Waals surface area (Å²) in [6, 6.07) is 2.08. The van der Waals surface area contributed by atoms with E-state index >= 15 is 0 Å². The van der Waals surface area contributed by atoms with Crippen molar-refractivity contribution in [3.8, 4) is 0 Å². The van der Waals surface area contributed by atoms with Gasteiger partial charge in [0, 0.05) is 22.2 Å². The molecule has 1 aliphatic rings. The van der Waals surface area contributed by atoms with Gasteiger partial charge in [-0.1, -0.05) is 11.6 Å². The molecule has 1 nitrogen and oxygen atoms in total. The van der Waals surface area contributed by atoms with Crippen LogP contribution in [0.1, 0.15) is 28.5 Å². The summed E-state index contributed by atoms with van der Waals surface area (Å²) < 4.78 is 0. The molecule has 1 unspecified atom stereocenters. The van der Waals surface area contributed by atoms with Gasteiger partial charge in [0.2, 0.25) is 0 Å². The molecule has 1 aliphatic heterocycles. The van der Waals surface area contributed by atoms with Crippen molar-refractivity contribution in [2.45, 2.75) is 25.7 Å². The quantitative estimate of drug-likeness (QED) is 0.759. The van der Waals surface area contributed by atoms with E-state index in [1.54, 1.807) is 0 Å². The van der Waals surface area contributed by atoms with Crippen molar-refractivity contribution in [1.82, 2.24) is 5.32 Å². The highest BCUT2D eigenvalue weighted by atomic mass is 35.5. The number of aryl methyl sites for hydroxylation is 1. The van der Waals surface area contributed by atoms with E-state index in [2.05, 4.69) is 18.3 Å². The third kappa shape index (κ3) is 2.06. The van der Waals surface area contributed by atoms with E-state index in [9.17, 15) is 0 Å². The van der Waals surface area contributed by atoms with E-state index < -0.39 is 0 Å². The highest BCUT2D eigenvalue weighted by molar-refractivity contribution is 7.12. The van der Waals surface area contributed by atoms with Crippen LogP contribution in [0.15, 0.2) is 6.07 Å². The van der Waals surface area contributed by atoms with Crippen molar-refractivity contribution in [3.63, 3.8) is 0 Å². The second-order valence-corrected chi connectivity index (χ2v) is 5.31. The van der Waals surface area contributed by atoms with Crippen LogP contribution in [0, 0.1) is 6.92 Å². The summed E-state index contributed by atoms with van der Waals surface area (Å²) in [5, 5.41) is 4.39. The van der Waals surface area contributed by atoms with Gasteiger partial charge in [-0.05, 0) is 32.4 Å². The Morgan fingerprint density at radius 1 is 1.62 bits per heavy atom. The molecular formula is C10H14ClNS. The minimum atomic E-state index is 0.653. The van der Waals surface area contributed by atoms with Crippen LogP contribution in [0.4, 0.5) is 0 Å². The molecule has 1 aromatic rings. The summed E-state index contributed by atoms with van der Waals surface area (Å²) >= 11 is 8.01. The molecule has 2 rings (SSSR count). The molecule has 1 N–H and O–H groups in total. The number of nitrogens with one attached hydrogen (secondary N) is 1. The van der Waals surface area contributed by atoms with Gasteiger partial charge in [0.05, 0.1) is 5.02 Å². The van der Waals surface area contributed by atoms with Crippen LogP contribution in [-0.4, -0.2) is 13.1 Å². The fraction of sp³-hybridized carbons (Fsp3) is 0.600. The third-order valence-corrected chi connectivity index (χ3v) is 4.14. The van der Waals surface area contributed by atoms with Gasteiger partial charge in [-0.3, -0.25) is 0 Å². The van der Waals surface area contributed by atoms with E-state index in [1.807, 2.05) is 11.3 Å². The Hall–Kier alpha value is -0.0500. The molecule has 2 heterocycles. The van der Waals surface area contributed by atoms with Crippen molar-refractivity contribution < 1.29 is 0 Å². The normalized spacial score (nSPS) is 23.4. The number of thiophene rings is 1. The molecule has 1 fully saturated rings. The molecule has 1 saturated heterocycles. The van der Waals surface area contributed by atoms with Crippen LogP contribution in [-0.2, 0) is 0 Å². The molecule has 0 radical (unpaired) electrons. The first-order chi connectivity index (χ1) is 6.27. The molecule has 0 saturated carbocycles. The predicted octanol–water partition coefficient (Wildman–Crippen LogP) is 3.18. The summed E-state index contributed by atoms with van der Waals surface area (Å²) in [7, 11) is 0. The zero-order chi connectivity index (χ0) is 9.26. The fourth-order valence-corrected chi connectivity index (χ4v) is 3.40. The number of hydrogen-bond acceptors (Lipinski definition) is 2. The molecule has 1 aromatic heterocycles. The molecular weight excluding hydrogens is 202 g/mol. The van der Waals surface area contributed by atoms with Crippen molar-refractivity contribution in [3.05, 3.63) is 20.8 Å². The van der Waals surface area contributed by atoms with Crippen LogP contribution in [0.2, 0.25) is 5.02 Å². The smallest absolute Gasteiger partial charge is 0.0551 e. The molecule has 0 aromatic carbocycles. The molecule has 72 valence electrons. The lowest BCUT2D eigenvalue weighted by Gasteiger charge is -2.21. The van der Waals surface area contributed by atoms with Crippen molar-refractivity contribution in [2.24, 2.45) is 0 Å². The Balaban J connectivity index is 2.18. The zero-order valence-electron chi connectivity index (χ0n) is 7.77. The highest BCUT2D eigenvalue weighted by Gasteiger charge is 2.19. The molecule has 13 heavy (non-hydrogen) atoms. The maximum Gasteiger partial charge on any atom is 0.0551 e. The Labute approximate surface area is 88.1 Å². The Morgan fingerprint density at radius 3 is 3.00 bits per heavy atom. The zero-order valence-corrected chi connectivity index (χ0v) is 9.34. The maximum atomic E-state index is 6.16. The first-order valence-electron chi connectivity index (χ1n) is 4.74. The van der Waals surface area contributed by atoms with Gasteiger partial charge in [-0.15, -0.1) is 11.3 Å². The Bertz CT molecular complexity index is 289. The van der Waals surface area contributed by atoms with E-state index in [0.717, 1.165) is 11.6 Å². The summed E-state index contributed by atoms with van der Waals surface area (Å²) in [4.78, 5) is 2.71. The van der Waals surface area contributed by atoms with E-state index in [-0.39, 0.29) is 0 Å². The molecule has 3 heteroatoms. The first-order valence-corrected chi connectivity index (χ1v) is 5.93. The lowest BCUT2D eigenvalue weighted by atomic mass is 9.98. The Kier molecular flexibility index (Phi) is 2.92. The average Bonchev–Trinajstić information content (AvgIpc) is 2.47. The van der Waals surface area contributed by atoms with Crippen molar-refractivity contribution in [1.29, 1.82) is 0 Å². The SMILES string of the molecule is Cc1cc(Cl)c(C2CCCNC2)s1. The largest absolute Gasteiger partial charge is 0.316 e. The van der Waals surface area contributed by atoms with E-state index in [0.29, 0.717) is 5.92 Å². The summed E-state index contributed by atoms with van der Waals surface area (Å²) in [5.74, 6) is 0.653. The number of halogens is 1. The highest BCUT2D eigenvalue weighted by Crippen LogP contribution is 2.35. The summed E-state index contributed by atoms with van der Waals surface area (Å²) in [5.41, 5.74) is 0. The monoisotopic (exact) mass is 215 g/mol. The van der Waals surface area contributed by atoms with Gasteiger partial charge in [0.15, 0.2) is 0 Å². The second-order valence-electron chi connectivity index (χ2n) is 3.61. The lowest BCUT2D eigenvalue weighted by molar-refractivity contribution is 0.466. The summed E-state index contributed by atoms with van der Waals surface area (Å²) in [6.07, 6.45) is 2.56. The van der Waals surface area contributed by atoms with Gasteiger partial charge in [-0.25, -0.2) is 0 Å². The van der Waals surface area contributed by atoms with Gasteiger partial charge >= 0.3 is 0 Å². The van der Waals surface area contributed by atoms with Crippen LogP contribution >= 0.6 is 22.9 Å². The van der Waals surface area contributed by atoms with Crippen LogP contribution in [0.5, 0.6) is 0 Å². The van der Waals surface area contributed by atoms with E-state index in [1.165, 1.54) is 29.1 Å². The molecule has 0 bridgehead atoms. The number of hydrogen-bond donors (Lipinski definition) is 1. The topological polar surface area (TPSA) is 12.0 Å².